The highest BCUT2D eigenvalue weighted by Gasteiger charge is 2.10. The molecule has 1 N–H and O–H groups in total. The molecular weight excluding hydrogens is 319 g/mol. The first-order valence-electron chi connectivity index (χ1n) is 5.73. The lowest BCUT2D eigenvalue weighted by Gasteiger charge is -2.07. The van der Waals surface area contributed by atoms with Gasteiger partial charge in [0.2, 0.25) is 0 Å². The van der Waals surface area contributed by atoms with E-state index >= 15 is 0 Å². The number of esters is 1. The quantitative estimate of drug-likeness (QED) is 0.853. The Hall–Kier alpha value is -1.30. The average molecular weight is 331 g/mol. The lowest BCUT2D eigenvalue weighted by atomic mass is 10.2. The van der Waals surface area contributed by atoms with Gasteiger partial charge in [-0.3, -0.25) is 4.79 Å². The van der Waals surface area contributed by atoms with E-state index < -0.39 is 0 Å². The van der Waals surface area contributed by atoms with E-state index in [0.717, 1.165) is 5.56 Å². The van der Waals surface area contributed by atoms with E-state index in [4.69, 9.17) is 23.2 Å². The monoisotopic (exact) mass is 330 g/mol. The largest absolute Gasteiger partial charge is 0.469 e. The first-order valence-corrected chi connectivity index (χ1v) is 7.37. The minimum atomic E-state index is -0.321. The summed E-state index contributed by atoms with van der Waals surface area (Å²) in [5.74, 6) is -0.321. The van der Waals surface area contributed by atoms with E-state index in [9.17, 15) is 4.79 Å². The molecule has 2 rings (SSSR count). The number of anilines is 2. The van der Waals surface area contributed by atoms with Crippen molar-refractivity contribution >= 4 is 51.3 Å². The fraction of sp³-hybridized carbons (Fsp3) is 0.231. The van der Waals surface area contributed by atoms with Gasteiger partial charge in [0.25, 0.3) is 0 Å². The van der Waals surface area contributed by atoms with Crippen molar-refractivity contribution in [2.75, 3.05) is 12.4 Å². The van der Waals surface area contributed by atoms with Gasteiger partial charge in [0.15, 0.2) is 5.13 Å². The third-order valence-electron chi connectivity index (χ3n) is 2.59. The van der Waals surface area contributed by atoms with Crippen LogP contribution in [0.4, 0.5) is 10.8 Å². The summed E-state index contributed by atoms with van der Waals surface area (Å²) >= 11 is 13.6. The molecule has 0 unspecified atom stereocenters. The van der Waals surface area contributed by atoms with Crippen LogP contribution in [0.5, 0.6) is 0 Å². The van der Waals surface area contributed by atoms with Crippen LogP contribution in [0.15, 0.2) is 17.5 Å². The van der Waals surface area contributed by atoms with Crippen molar-refractivity contribution < 1.29 is 9.53 Å². The van der Waals surface area contributed by atoms with Gasteiger partial charge >= 0.3 is 5.97 Å². The molecule has 20 heavy (non-hydrogen) atoms. The number of rotatable bonds is 4. The van der Waals surface area contributed by atoms with E-state index in [0.29, 0.717) is 26.6 Å². The molecule has 1 heterocycles. The number of hydrogen-bond donors (Lipinski definition) is 1. The molecule has 2 aromatic rings. The molecule has 0 radical (unpaired) electrons. The van der Waals surface area contributed by atoms with Crippen molar-refractivity contribution in [1.29, 1.82) is 0 Å². The molecular formula is C13H12Cl2N2O2S. The van der Waals surface area contributed by atoms with Crippen molar-refractivity contribution in [3.63, 3.8) is 0 Å². The van der Waals surface area contributed by atoms with Crippen LogP contribution in [0, 0.1) is 6.92 Å². The zero-order valence-electron chi connectivity index (χ0n) is 10.9. The second-order valence-corrected chi connectivity index (χ2v) is 5.78. The second-order valence-electron chi connectivity index (χ2n) is 4.10. The van der Waals surface area contributed by atoms with Crippen molar-refractivity contribution in [2.45, 2.75) is 13.3 Å². The van der Waals surface area contributed by atoms with E-state index in [1.54, 1.807) is 17.5 Å². The number of nitrogens with one attached hydrogen (secondary N) is 1. The standard InChI is InChI=1S/C13H12Cl2N2O2S/c1-7-3-10(15)11(5-9(7)14)17-13-16-8(6-20-13)4-12(18)19-2/h3,5-6H,4H2,1-2H3,(H,16,17). The number of thiazole rings is 1. The first kappa shape index (κ1) is 15.1. The summed E-state index contributed by atoms with van der Waals surface area (Å²) in [5, 5.41) is 6.72. The second kappa shape index (κ2) is 6.43. The minimum absolute atomic E-state index is 0.150. The molecule has 0 saturated carbocycles. The molecule has 4 nitrogen and oxygen atoms in total. The van der Waals surface area contributed by atoms with Gasteiger partial charge in [-0.15, -0.1) is 11.3 Å². The number of carbonyl (C=O) groups is 1. The van der Waals surface area contributed by atoms with E-state index in [-0.39, 0.29) is 12.4 Å². The molecule has 0 bridgehead atoms. The Bertz CT molecular complexity index is 643. The number of methoxy groups -OCH3 is 1. The Morgan fingerprint density at radius 2 is 2.15 bits per heavy atom. The molecule has 0 saturated heterocycles. The predicted molar refractivity (Wildman–Crippen MR) is 82.3 cm³/mol. The molecule has 0 atom stereocenters. The van der Waals surface area contributed by atoms with E-state index in [1.807, 2.05) is 6.92 Å². The van der Waals surface area contributed by atoms with Crippen LogP contribution in [-0.2, 0) is 16.0 Å². The maximum Gasteiger partial charge on any atom is 0.311 e. The molecule has 0 fully saturated rings. The van der Waals surface area contributed by atoms with Crippen molar-refractivity contribution in [3.8, 4) is 0 Å². The highest BCUT2D eigenvalue weighted by Crippen LogP contribution is 2.32. The first-order chi connectivity index (χ1) is 9.49. The Labute approximate surface area is 130 Å². The number of halogens is 2. The van der Waals surface area contributed by atoms with Gasteiger partial charge < -0.3 is 10.1 Å². The fourth-order valence-corrected chi connectivity index (χ4v) is 2.67. The molecule has 1 aromatic heterocycles. The summed E-state index contributed by atoms with van der Waals surface area (Å²) in [5.41, 5.74) is 2.24. The third-order valence-corrected chi connectivity index (χ3v) is 4.12. The van der Waals surface area contributed by atoms with Gasteiger partial charge in [-0.1, -0.05) is 23.2 Å². The maximum absolute atomic E-state index is 11.2. The highest BCUT2D eigenvalue weighted by atomic mass is 35.5. The number of hydrogen-bond acceptors (Lipinski definition) is 5. The van der Waals surface area contributed by atoms with Crippen LogP contribution in [-0.4, -0.2) is 18.1 Å². The summed E-state index contributed by atoms with van der Waals surface area (Å²) in [4.78, 5) is 15.5. The number of nitrogens with zero attached hydrogens (tertiary/aromatic N) is 1. The number of ether oxygens (including phenoxy) is 1. The van der Waals surface area contributed by atoms with Crippen molar-refractivity contribution in [3.05, 3.63) is 38.8 Å². The number of benzene rings is 1. The van der Waals surface area contributed by atoms with Crippen LogP contribution >= 0.6 is 34.5 Å². The molecule has 0 amide bonds. The van der Waals surface area contributed by atoms with Crippen LogP contribution < -0.4 is 5.32 Å². The molecule has 106 valence electrons. The topological polar surface area (TPSA) is 51.2 Å². The normalized spacial score (nSPS) is 10.4. The van der Waals surface area contributed by atoms with Crippen molar-refractivity contribution in [1.82, 2.24) is 4.98 Å². The summed E-state index contributed by atoms with van der Waals surface area (Å²) in [6, 6.07) is 3.54. The molecule has 0 aliphatic carbocycles. The Kier molecular flexibility index (Phi) is 4.86. The predicted octanol–water partition coefficient (Wildman–Crippen LogP) is 4.22. The van der Waals surface area contributed by atoms with E-state index in [2.05, 4.69) is 15.0 Å². The van der Waals surface area contributed by atoms with Gasteiger partial charge in [-0.2, -0.15) is 0 Å². The molecule has 1 aromatic carbocycles. The number of aryl methyl sites for hydroxylation is 1. The lowest BCUT2D eigenvalue weighted by molar-refractivity contribution is -0.139. The van der Waals surface area contributed by atoms with Crippen LogP contribution in [0.1, 0.15) is 11.3 Å². The van der Waals surface area contributed by atoms with Crippen LogP contribution in [0.3, 0.4) is 0 Å². The van der Waals surface area contributed by atoms with Crippen molar-refractivity contribution in [2.24, 2.45) is 0 Å². The Balaban J connectivity index is 2.14. The minimum Gasteiger partial charge on any atom is -0.469 e. The Morgan fingerprint density at radius 1 is 1.40 bits per heavy atom. The zero-order chi connectivity index (χ0) is 14.7. The van der Waals surface area contributed by atoms with Gasteiger partial charge in [-0.25, -0.2) is 4.98 Å². The molecule has 0 spiro atoms. The van der Waals surface area contributed by atoms with Gasteiger partial charge in [0, 0.05) is 10.4 Å². The summed E-state index contributed by atoms with van der Waals surface area (Å²) in [6.07, 6.45) is 0.150. The van der Waals surface area contributed by atoms with Crippen LogP contribution in [0.25, 0.3) is 0 Å². The molecule has 0 aliphatic rings. The molecule has 7 heteroatoms. The zero-order valence-corrected chi connectivity index (χ0v) is 13.2. The highest BCUT2D eigenvalue weighted by molar-refractivity contribution is 7.13. The number of aromatic nitrogens is 1. The van der Waals surface area contributed by atoms with Gasteiger partial charge in [0.1, 0.15) is 0 Å². The van der Waals surface area contributed by atoms with Crippen LogP contribution in [0.2, 0.25) is 10.0 Å². The smallest absolute Gasteiger partial charge is 0.311 e. The summed E-state index contributed by atoms with van der Waals surface area (Å²) in [6.45, 7) is 1.88. The Morgan fingerprint density at radius 3 is 2.85 bits per heavy atom. The lowest BCUT2D eigenvalue weighted by Crippen LogP contribution is -2.04. The SMILES string of the molecule is COC(=O)Cc1csc(Nc2cc(Cl)c(C)cc2Cl)n1. The van der Waals surface area contributed by atoms with E-state index in [1.165, 1.54) is 18.4 Å². The average Bonchev–Trinajstić information content (AvgIpc) is 2.83. The maximum atomic E-state index is 11.2. The summed E-state index contributed by atoms with van der Waals surface area (Å²) < 4.78 is 4.60. The van der Waals surface area contributed by atoms with Gasteiger partial charge in [0.05, 0.1) is 29.9 Å². The number of carbonyl (C=O) groups excluding carboxylic acids is 1. The molecule has 0 aliphatic heterocycles. The third kappa shape index (κ3) is 3.62. The fourth-order valence-electron chi connectivity index (χ4n) is 1.52. The van der Waals surface area contributed by atoms with Gasteiger partial charge in [-0.05, 0) is 24.6 Å². The summed E-state index contributed by atoms with van der Waals surface area (Å²) in [7, 11) is 1.35.